The Bertz CT molecular complexity index is 388. The molecule has 0 nitrogen and oxygen atoms in total. The second-order valence-corrected chi connectivity index (χ2v) is 3.61. The van der Waals surface area contributed by atoms with Gasteiger partial charge in [-0.05, 0) is 24.6 Å². The molecule has 0 saturated heterocycles. The van der Waals surface area contributed by atoms with Crippen molar-refractivity contribution in [1.29, 1.82) is 0 Å². The van der Waals surface area contributed by atoms with E-state index in [1.807, 2.05) is 0 Å². The molecule has 1 aromatic carbocycles. The summed E-state index contributed by atoms with van der Waals surface area (Å²) in [5.41, 5.74) is 1.19. The van der Waals surface area contributed by atoms with Gasteiger partial charge in [0.15, 0.2) is 0 Å². The minimum absolute atomic E-state index is 0.308. The molecular weight excluding hydrogens is 222 g/mol. The first-order valence-corrected chi connectivity index (χ1v) is 5.07. The fourth-order valence-corrected chi connectivity index (χ4v) is 1.25. The summed E-state index contributed by atoms with van der Waals surface area (Å²) < 4.78 is 13.0. The molecule has 0 heterocycles. The van der Waals surface area contributed by atoms with Crippen molar-refractivity contribution in [3.8, 4) is 11.8 Å². The number of alkyl halides is 1. The third-order valence-corrected chi connectivity index (χ3v) is 2.19. The quantitative estimate of drug-likeness (QED) is 0.509. The Morgan fingerprint density at radius 2 is 2.14 bits per heavy atom. The lowest BCUT2D eigenvalue weighted by Crippen LogP contribution is -1.86. The molecule has 0 atom stereocenters. The van der Waals surface area contributed by atoms with Crippen LogP contribution < -0.4 is 0 Å². The number of hydrogen-bond donors (Lipinski definition) is 0. The zero-order valence-corrected chi connectivity index (χ0v) is 9.21. The highest BCUT2D eigenvalue weighted by Gasteiger charge is 2.02. The van der Waals surface area contributed by atoms with Crippen LogP contribution in [0, 0.1) is 24.6 Å². The smallest absolute Gasteiger partial charge is 0.127 e. The van der Waals surface area contributed by atoms with Crippen LogP contribution in [0.1, 0.15) is 17.5 Å². The molecule has 14 heavy (non-hydrogen) atoms. The number of rotatable bonds is 1. The van der Waals surface area contributed by atoms with Crippen molar-refractivity contribution in [2.45, 2.75) is 13.3 Å². The molecular formula is C11H9Cl2F. The van der Waals surface area contributed by atoms with Gasteiger partial charge in [0, 0.05) is 17.9 Å². The van der Waals surface area contributed by atoms with Crippen LogP contribution in [0.5, 0.6) is 0 Å². The minimum Gasteiger partial charge on any atom is -0.207 e. The van der Waals surface area contributed by atoms with Crippen LogP contribution in [-0.4, -0.2) is 5.88 Å². The van der Waals surface area contributed by atoms with Gasteiger partial charge in [-0.2, -0.15) is 0 Å². The van der Waals surface area contributed by atoms with Gasteiger partial charge in [-0.1, -0.05) is 23.4 Å². The number of halogens is 3. The lowest BCUT2D eigenvalue weighted by Gasteiger charge is -1.99. The van der Waals surface area contributed by atoms with Crippen molar-refractivity contribution < 1.29 is 4.39 Å². The molecule has 0 aliphatic rings. The van der Waals surface area contributed by atoms with E-state index in [9.17, 15) is 4.39 Å². The van der Waals surface area contributed by atoms with E-state index in [-0.39, 0.29) is 5.82 Å². The standard InChI is InChI=1S/C11H9Cl2F/c1-8-6-9(4-2-3-5-12)10(13)7-11(8)14/h6-7H,3,5H2,1H3. The Hall–Kier alpha value is -0.710. The van der Waals surface area contributed by atoms with Gasteiger partial charge >= 0.3 is 0 Å². The normalized spacial score (nSPS) is 9.43. The topological polar surface area (TPSA) is 0 Å². The number of benzene rings is 1. The van der Waals surface area contributed by atoms with Crippen LogP contribution in [0.2, 0.25) is 5.02 Å². The molecule has 0 aliphatic heterocycles. The zero-order valence-electron chi connectivity index (χ0n) is 7.70. The molecule has 0 N–H and O–H groups in total. The van der Waals surface area contributed by atoms with Crippen molar-refractivity contribution in [3.05, 3.63) is 34.1 Å². The van der Waals surface area contributed by atoms with E-state index in [4.69, 9.17) is 23.2 Å². The predicted molar refractivity (Wildman–Crippen MR) is 58.4 cm³/mol. The molecule has 0 amide bonds. The third-order valence-electron chi connectivity index (χ3n) is 1.69. The molecule has 0 aromatic heterocycles. The SMILES string of the molecule is Cc1cc(C#CCCCl)c(Cl)cc1F. The fourth-order valence-electron chi connectivity index (χ4n) is 0.958. The van der Waals surface area contributed by atoms with E-state index in [1.54, 1.807) is 13.0 Å². The second-order valence-electron chi connectivity index (χ2n) is 2.82. The van der Waals surface area contributed by atoms with E-state index in [1.165, 1.54) is 6.07 Å². The lowest BCUT2D eigenvalue weighted by atomic mass is 10.1. The Balaban J connectivity index is 3.00. The fraction of sp³-hybridized carbons (Fsp3) is 0.273. The van der Waals surface area contributed by atoms with E-state index in [0.717, 1.165) is 0 Å². The maximum atomic E-state index is 13.0. The summed E-state index contributed by atoms with van der Waals surface area (Å²) >= 11 is 11.3. The zero-order chi connectivity index (χ0) is 10.6. The van der Waals surface area contributed by atoms with Gasteiger partial charge in [0.05, 0.1) is 5.02 Å². The second kappa shape index (κ2) is 5.24. The molecule has 0 aliphatic carbocycles. The van der Waals surface area contributed by atoms with Crippen LogP contribution in [-0.2, 0) is 0 Å². The van der Waals surface area contributed by atoms with Gasteiger partial charge in [0.2, 0.25) is 0 Å². The van der Waals surface area contributed by atoms with Crippen LogP contribution in [0.4, 0.5) is 4.39 Å². The largest absolute Gasteiger partial charge is 0.207 e. The number of hydrogen-bond acceptors (Lipinski definition) is 0. The van der Waals surface area contributed by atoms with Gasteiger partial charge in [0.1, 0.15) is 5.82 Å². The van der Waals surface area contributed by atoms with Crippen molar-refractivity contribution >= 4 is 23.2 Å². The molecule has 1 rings (SSSR count). The Morgan fingerprint density at radius 1 is 1.43 bits per heavy atom. The summed E-state index contributed by atoms with van der Waals surface area (Å²) in [4.78, 5) is 0. The van der Waals surface area contributed by atoms with Crippen molar-refractivity contribution in [3.63, 3.8) is 0 Å². The summed E-state index contributed by atoms with van der Waals surface area (Å²) in [6.07, 6.45) is 0.605. The molecule has 0 unspecified atom stereocenters. The Kier molecular flexibility index (Phi) is 4.25. The van der Waals surface area contributed by atoms with Crippen molar-refractivity contribution in [2.75, 3.05) is 5.88 Å². The van der Waals surface area contributed by atoms with E-state index in [0.29, 0.717) is 28.5 Å². The van der Waals surface area contributed by atoms with Crippen LogP contribution in [0.3, 0.4) is 0 Å². The average Bonchev–Trinajstić information content (AvgIpc) is 2.14. The Morgan fingerprint density at radius 3 is 2.79 bits per heavy atom. The van der Waals surface area contributed by atoms with Gasteiger partial charge in [-0.15, -0.1) is 11.6 Å². The molecule has 0 fully saturated rings. The average molecular weight is 231 g/mol. The molecule has 74 valence electrons. The number of aryl methyl sites for hydroxylation is 1. The highest BCUT2D eigenvalue weighted by Crippen LogP contribution is 2.19. The molecule has 1 aromatic rings. The first kappa shape index (κ1) is 11.4. The first-order chi connectivity index (χ1) is 6.65. The highest BCUT2D eigenvalue weighted by molar-refractivity contribution is 6.31. The summed E-state index contributed by atoms with van der Waals surface area (Å²) in [6, 6.07) is 2.92. The summed E-state index contributed by atoms with van der Waals surface area (Å²) in [5, 5.41) is 0.343. The van der Waals surface area contributed by atoms with Gasteiger partial charge in [0.25, 0.3) is 0 Å². The van der Waals surface area contributed by atoms with Crippen molar-refractivity contribution in [2.24, 2.45) is 0 Å². The summed E-state index contributed by atoms with van der Waals surface area (Å²) in [7, 11) is 0. The van der Waals surface area contributed by atoms with Crippen molar-refractivity contribution in [1.82, 2.24) is 0 Å². The maximum absolute atomic E-state index is 13.0. The molecule has 0 bridgehead atoms. The maximum Gasteiger partial charge on any atom is 0.127 e. The van der Waals surface area contributed by atoms with E-state index in [2.05, 4.69) is 11.8 Å². The molecule has 0 radical (unpaired) electrons. The highest BCUT2D eigenvalue weighted by atomic mass is 35.5. The molecule has 0 spiro atoms. The summed E-state index contributed by atoms with van der Waals surface area (Å²) in [5.74, 6) is 5.88. The van der Waals surface area contributed by atoms with E-state index >= 15 is 0 Å². The van der Waals surface area contributed by atoms with Crippen LogP contribution >= 0.6 is 23.2 Å². The predicted octanol–water partition coefficient (Wildman–Crippen LogP) is 3.77. The van der Waals surface area contributed by atoms with Crippen LogP contribution in [0.25, 0.3) is 0 Å². The van der Waals surface area contributed by atoms with Gasteiger partial charge in [-0.25, -0.2) is 4.39 Å². The molecule has 0 saturated carbocycles. The van der Waals surface area contributed by atoms with Gasteiger partial charge in [-0.3, -0.25) is 0 Å². The minimum atomic E-state index is -0.308. The van der Waals surface area contributed by atoms with Crippen LogP contribution in [0.15, 0.2) is 12.1 Å². The summed E-state index contributed by atoms with van der Waals surface area (Å²) in [6.45, 7) is 1.68. The van der Waals surface area contributed by atoms with Gasteiger partial charge < -0.3 is 0 Å². The monoisotopic (exact) mass is 230 g/mol. The molecule has 3 heteroatoms. The van der Waals surface area contributed by atoms with E-state index < -0.39 is 0 Å². The lowest BCUT2D eigenvalue weighted by molar-refractivity contribution is 0.618. The third kappa shape index (κ3) is 2.90. The first-order valence-electron chi connectivity index (χ1n) is 4.15. The Labute approximate surface area is 93.0 Å².